The maximum atomic E-state index is 13.8. The predicted molar refractivity (Wildman–Crippen MR) is 76.1 cm³/mol. The third-order valence-electron chi connectivity index (χ3n) is 3.13. The van der Waals surface area contributed by atoms with Gasteiger partial charge < -0.3 is 10.4 Å². The smallest absolute Gasteiger partial charge is 0.126 e. The van der Waals surface area contributed by atoms with Gasteiger partial charge in [0.25, 0.3) is 0 Å². The van der Waals surface area contributed by atoms with Crippen LogP contribution in [0.15, 0.2) is 36.2 Å². The molecule has 0 saturated carbocycles. The van der Waals surface area contributed by atoms with Gasteiger partial charge in [-0.3, -0.25) is 0 Å². The molecule has 0 aliphatic carbocycles. The molecular formula is C15H26FNO. The summed E-state index contributed by atoms with van der Waals surface area (Å²) < 4.78 is 13.8. The zero-order valence-corrected chi connectivity index (χ0v) is 11.8. The molecule has 2 nitrogen and oxygen atoms in total. The predicted octanol–water partition coefficient (Wildman–Crippen LogP) is 3.36. The van der Waals surface area contributed by atoms with Crippen molar-refractivity contribution < 1.29 is 9.50 Å². The molecule has 0 fully saturated rings. The van der Waals surface area contributed by atoms with Gasteiger partial charge in [0.05, 0.1) is 0 Å². The van der Waals surface area contributed by atoms with Crippen LogP contribution < -0.4 is 5.32 Å². The number of rotatable bonds is 9. The van der Waals surface area contributed by atoms with Gasteiger partial charge >= 0.3 is 0 Å². The maximum absolute atomic E-state index is 13.8. The first kappa shape index (κ1) is 17.1. The van der Waals surface area contributed by atoms with E-state index in [4.69, 9.17) is 0 Å². The molecule has 18 heavy (non-hydrogen) atoms. The Kier molecular flexibility index (Phi) is 8.59. The number of aliphatic hydroxyl groups excluding tert-OH is 1. The van der Waals surface area contributed by atoms with Crippen molar-refractivity contribution in [3.63, 3.8) is 0 Å². The summed E-state index contributed by atoms with van der Waals surface area (Å²) in [5, 5.41) is 12.6. The fourth-order valence-corrected chi connectivity index (χ4v) is 1.91. The lowest BCUT2D eigenvalue weighted by Crippen LogP contribution is -2.24. The molecule has 0 saturated heterocycles. The highest BCUT2D eigenvalue weighted by Crippen LogP contribution is 2.33. The van der Waals surface area contributed by atoms with Gasteiger partial charge in [0.2, 0.25) is 0 Å². The van der Waals surface area contributed by atoms with E-state index in [9.17, 15) is 9.50 Å². The second kappa shape index (κ2) is 9.06. The highest BCUT2D eigenvalue weighted by atomic mass is 19.1. The van der Waals surface area contributed by atoms with Gasteiger partial charge in [0, 0.05) is 6.61 Å². The van der Waals surface area contributed by atoms with Gasteiger partial charge in [-0.05, 0) is 56.8 Å². The zero-order valence-electron chi connectivity index (χ0n) is 11.8. The van der Waals surface area contributed by atoms with Crippen molar-refractivity contribution in [3.8, 4) is 0 Å². The van der Waals surface area contributed by atoms with Crippen LogP contribution in [-0.4, -0.2) is 25.3 Å². The molecule has 0 aromatic rings. The summed E-state index contributed by atoms with van der Waals surface area (Å²) in [6, 6.07) is 0. The molecule has 1 unspecified atom stereocenters. The van der Waals surface area contributed by atoms with Gasteiger partial charge in [-0.25, -0.2) is 4.39 Å². The molecule has 0 amide bonds. The van der Waals surface area contributed by atoms with E-state index in [2.05, 4.69) is 11.9 Å². The van der Waals surface area contributed by atoms with E-state index in [0.29, 0.717) is 12.0 Å². The van der Waals surface area contributed by atoms with Crippen LogP contribution in [0.1, 0.15) is 33.1 Å². The molecule has 0 heterocycles. The summed E-state index contributed by atoms with van der Waals surface area (Å²) in [4.78, 5) is 0. The fraction of sp³-hybridized carbons (Fsp3) is 0.600. The zero-order chi connectivity index (χ0) is 14.0. The van der Waals surface area contributed by atoms with Crippen molar-refractivity contribution >= 4 is 0 Å². The Hall–Kier alpha value is -0.930. The summed E-state index contributed by atoms with van der Waals surface area (Å²) in [5.41, 5.74) is 0.362. The third kappa shape index (κ3) is 6.12. The van der Waals surface area contributed by atoms with E-state index >= 15 is 0 Å². The highest BCUT2D eigenvalue weighted by molar-refractivity contribution is 5.28. The average molecular weight is 255 g/mol. The van der Waals surface area contributed by atoms with E-state index in [0.717, 1.165) is 19.4 Å². The van der Waals surface area contributed by atoms with E-state index in [1.54, 1.807) is 6.08 Å². The molecule has 104 valence electrons. The lowest BCUT2D eigenvalue weighted by Gasteiger charge is -2.28. The molecule has 0 aliphatic heterocycles. The number of nitrogens with one attached hydrogen (secondary N) is 1. The quantitative estimate of drug-likeness (QED) is 0.489. The lowest BCUT2D eigenvalue weighted by atomic mass is 9.79. The third-order valence-corrected chi connectivity index (χ3v) is 3.13. The van der Waals surface area contributed by atoms with Crippen LogP contribution >= 0.6 is 0 Å². The van der Waals surface area contributed by atoms with Crippen molar-refractivity contribution in [2.24, 2.45) is 5.41 Å². The summed E-state index contributed by atoms with van der Waals surface area (Å²) in [6.07, 6.45) is 6.94. The standard InChI is InChI=1S/C15H26FNO/c1-5-8-14(16)13(6-2)11-15(3,12-18)9-7-10-17-4/h5-6,8,17-18H,1,7,9-12H2,2-4H3/b13-6-,14-8+. The number of allylic oxidation sites excluding steroid dienone is 5. The van der Waals surface area contributed by atoms with E-state index in [1.165, 1.54) is 12.2 Å². The van der Waals surface area contributed by atoms with Crippen LogP contribution in [0.2, 0.25) is 0 Å². The summed E-state index contributed by atoms with van der Waals surface area (Å²) in [5.74, 6) is -0.263. The van der Waals surface area contributed by atoms with Crippen molar-refractivity contribution in [2.75, 3.05) is 20.2 Å². The Morgan fingerprint density at radius 1 is 1.50 bits per heavy atom. The Labute approximate surface area is 110 Å². The molecule has 0 aliphatic rings. The Balaban J connectivity index is 4.66. The largest absolute Gasteiger partial charge is 0.396 e. The van der Waals surface area contributed by atoms with Gasteiger partial charge in [-0.2, -0.15) is 0 Å². The van der Waals surface area contributed by atoms with E-state index < -0.39 is 0 Å². The molecule has 1 atom stereocenters. The number of hydrogen-bond acceptors (Lipinski definition) is 2. The number of aliphatic hydroxyl groups is 1. The Morgan fingerprint density at radius 2 is 2.17 bits per heavy atom. The van der Waals surface area contributed by atoms with Crippen LogP contribution in [0.5, 0.6) is 0 Å². The van der Waals surface area contributed by atoms with Crippen LogP contribution in [0.25, 0.3) is 0 Å². The first-order valence-electron chi connectivity index (χ1n) is 6.42. The Morgan fingerprint density at radius 3 is 2.61 bits per heavy atom. The van der Waals surface area contributed by atoms with E-state index in [-0.39, 0.29) is 17.8 Å². The molecule has 0 bridgehead atoms. The summed E-state index contributed by atoms with van der Waals surface area (Å²) in [6.45, 7) is 8.28. The monoisotopic (exact) mass is 255 g/mol. The molecular weight excluding hydrogens is 229 g/mol. The topological polar surface area (TPSA) is 32.3 Å². The Bertz CT molecular complexity index is 310. The molecule has 2 N–H and O–H groups in total. The minimum absolute atomic E-state index is 0.0649. The number of halogens is 1. The van der Waals surface area contributed by atoms with Crippen molar-refractivity contribution in [3.05, 3.63) is 36.2 Å². The van der Waals surface area contributed by atoms with Crippen LogP contribution in [-0.2, 0) is 0 Å². The average Bonchev–Trinajstić information content (AvgIpc) is 2.36. The fourth-order valence-electron chi connectivity index (χ4n) is 1.91. The first-order chi connectivity index (χ1) is 8.52. The van der Waals surface area contributed by atoms with Gasteiger partial charge in [-0.1, -0.05) is 25.7 Å². The molecule has 0 aromatic carbocycles. The van der Waals surface area contributed by atoms with Gasteiger partial charge in [-0.15, -0.1) is 0 Å². The molecule has 0 aromatic heterocycles. The second-order valence-electron chi connectivity index (χ2n) is 4.92. The van der Waals surface area contributed by atoms with Crippen molar-refractivity contribution in [2.45, 2.75) is 33.1 Å². The summed E-state index contributed by atoms with van der Waals surface area (Å²) in [7, 11) is 1.90. The van der Waals surface area contributed by atoms with Crippen molar-refractivity contribution in [1.82, 2.24) is 5.32 Å². The molecule has 3 heteroatoms. The second-order valence-corrected chi connectivity index (χ2v) is 4.92. The molecule has 0 rings (SSSR count). The van der Waals surface area contributed by atoms with Crippen LogP contribution in [0, 0.1) is 5.41 Å². The van der Waals surface area contributed by atoms with Gasteiger partial charge in [0.15, 0.2) is 0 Å². The normalized spacial score (nSPS) is 16.5. The number of hydrogen-bond donors (Lipinski definition) is 2. The van der Waals surface area contributed by atoms with Crippen LogP contribution in [0.3, 0.4) is 0 Å². The maximum Gasteiger partial charge on any atom is 0.126 e. The van der Waals surface area contributed by atoms with Crippen molar-refractivity contribution in [1.29, 1.82) is 0 Å². The SMILES string of the molecule is C=C/C=C(F)\C(=C/C)CC(C)(CO)CCCNC. The highest BCUT2D eigenvalue weighted by Gasteiger charge is 2.25. The minimum atomic E-state index is -0.273. The van der Waals surface area contributed by atoms with Crippen LogP contribution in [0.4, 0.5) is 4.39 Å². The van der Waals surface area contributed by atoms with Gasteiger partial charge in [0.1, 0.15) is 5.83 Å². The molecule has 0 spiro atoms. The molecule has 0 radical (unpaired) electrons. The summed E-state index contributed by atoms with van der Waals surface area (Å²) >= 11 is 0. The minimum Gasteiger partial charge on any atom is -0.396 e. The first-order valence-corrected chi connectivity index (χ1v) is 6.42. The van der Waals surface area contributed by atoms with E-state index in [1.807, 2.05) is 20.9 Å². The lowest BCUT2D eigenvalue weighted by molar-refractivity contribution is 0.130.